The Morgan fingerprint density at radius 2 is 1.89 bits per heavy atom. The third-order valence-corrected chi connectivity index (χ3v) is 7.41. The van der Waals surface area contributed by atoms with Crippen molar-refractivity contribution in [1.29, 1.82) is 0 Å². The van der Waals surface area contributed by atoms with Gasteiger partial charge in [-0.15, -0.1) is 0 Å². The van der Waals surface area contributed by atoms with Crippen molar-refractivity contribution in [2.45, 2.75) is 44.3 Å². The van der Waals surface area contributed by atoms with Gasteiger partial charge in [-0.3, -0.25) is 14.3 Å². The number of aromatic nitrogens is 4. The standard InChI is InChI=1S/C27H24F3N5O2/c1-33-26(15-11-16(29)13-17(30)12-15)19-14-18-3-2-4-22(24(19)32-33)35(18)27(37)20-5-6-21-25(31-20)23(36)7-9-34(21)10-8-28/h5-7,9,11-13,18,22H,2-4,8,10,14H2,1H3. The lowest BCUT2D eigenvalue weighted by molar-refractivity contribution is 0.0386. The summed E-state index contributed by atoms with van der Waals surface area (Å²) in [6.07, 6.45) is 4.39. The fourth-order valence-corrected chi connectivity index (χ4v) is 5.92. The molecule has 1 amide bonds. The Morgan fingerprint density at radius 1 is 1.11 bits per heavy atom. The highest BCUT2D eigenvalue weighted by atomic mass is 19.1. The zero-order chi connectivity index (χ0) is 25.8. The molecule has 1 fully saturated rings. The number of fused-ring (bicyclic) bond motifs is 5. The minimum atomic E-state index is -0.661. The van der Waals surface area contributed by atoms with Crippen LogP contribution in [0.1, 0.15) is 47.1 Å². The summed E-state index contributed by atoms with van der Waals surface area (Å²) in [5, 5.41) is 4.70. The summed E-state index contributed by atoms with van der Waals surface area (Å²) >= 11 is 0. The normalized spacial score (nSPS) is 18.8. The SMILES string of the molecule is Cn1nc2c(c1-c1cc(F)cc(F)c1)CC1CCCC2N1C(=O)c1ccc2c(n1)c(=O)ccn2CCF. The number of hydrogen-bond donors (Lipinski definition) is 0. The van der Waals surface area contributed by atoms with E-state index in [1.165, 1.54) is 24.4 Å². The maximum absolute atomic E-state index is 14.0. The number of nitrogens with zero attached hydrogens (tertiary/aromatic N) is 5. The lowest BCUT2D eigenvalue weighted by Crippen LogP contribution is -2.50. The highest BCUT2D eigenvalue weighted by Gasteiger charge is 2.44. The molecule has 2 atom stereocenters. The molecule has 5 heterocycles. The van der Waals surface area contributed by atoms with Crippen LogP contribution >= 0.6 is 0 Å². The third kappa shape index (κ3) is 3.82. The van der Waals surface area contributed by atoms with Crippen LogP contribution in [-0.4, -0.2) is 42.9 Å². The third-order valence-electron chi connectivity index (χ3n) is 7.41. The second-order valence-corrected chi connectivity index (χ2v) is 9.64. The molecule has 7 nitrogen and oxygen atoms in total. The first-order valence-electron chi connectivity index (χ1n) is 12.3. The average molecular weight is 508 g/mol. The lowest BCUT2D eigenvalue weighted by Gasteiger charge is -2.45. The minimum absolute atomic E-state index is 0.0853. The first-order chi connectivity index (χ1) is 17.9. The van der Waals surface area contributed by atoms with Crippen LogP contribution in [0, 0.1) is 11.6 Å². The van der Waals surface area contributed by atoms with Crippen molar-refractivity contribution in [2.75, 3.05) is 6.67 Å². The molecule has 1 saturated heterocycles. The quantitative estimate of drug-likeness (QED) is 0.412. The number of benzene rings is 1. The molecule has 2 aliphatic rings. The predicted molar refractivity (Wildman–Crippen MR) is 131 cm³/mol. The Bertz CT molecular complexity index is 1590. The number of aryl methyl sites for hydroxylation is 2. The van der Waals surface area contributed by atoms with Gasteiger partial charge >= 0.3 is 0 Å². The van der Waals surface area contributed by atoms with Gasteiger partial charge in [-0.25, -0.2) is 18.2 Å². The van der Waals surface area contributed by atoms with Gasteiger partial charge in [0.2, 0.25) is 5.43 Å². The van der Waals surface area contributed by atoms with Crippen molar-refractivity contribution in [1.82, 2.24) is 24.2 Å². The van der Waals surface area contributed by atoms with Gasteiger partial charge in [-0.1, -0.05) is 0 Å². The van der Waals surface area contributed by atoms with E-state index < -0.39 is 18.3 Å². The lowest BCUT2D eigenvalue weighted by atomic mass is 9.81. The molecule has 2 unspecified atom stereocenters. The summed E-state index contributed by atoms with van der Waals surface area (Å²) in [6.45, 7) is -0.505. The molecule has 0 radical (unpaired) electrons. The molecule has 1 aromatic carbocycles. The molecule has 0 aliphatic carbocycles. The van der Waals surface area contributed by atoms with E-state index in [1.807, 2.05) is 0 Å². The highest BCUT2D eigenvalue weighted by molar-refractivity contribution is 5.95. The number of amides is 1. The van der Waals surface area contributed by atoms with E-state index in [1.54, 1.807) is 33.3 Å². The van der Waals surface area contributed by atoms with E-state index in [0.29, 0.717) is 29.6 Å². The Labute approximate surface area is 210 Å². The number of rotatable bonds is 4. The zero-order valence-electron chi connectivity index (χ0n) is 20.1. The van der Waals surface area contributed by atoms with E-state index in [4.69, 9.17) is 5.10 Å². The summed E-state index contributed by atoms with van der Waals surface area (Å²) < 4.78 is 44.2. The molecule has 0 saturated carbocycles. The second-order valence-electron chi connectivity index (χ2n) is 9.64. The molecule has 2 bridgehead atoms. The number of halogens is 3. The number of pyridine rings is 2. The summed E-state index contributed by atoms with van der Waals surface area (Å²) in [6, 6.07) is 7.50. The topological polar surface area (TPSA) is 73.0 Å². The van der Waals surface area contributed by atoms with Crippen LogP contribution in [0.2, 0.25) is 0 Å². The molecule has 10 heteroatoms. The van der Waals surface area contributed by atoms with Gasteiger partial charge in [-0.05, 0) is 49.9 Å². The van der Waals surface area contributed by atoms with Crippen molar-refractivity contribution >= 4 is 16.9 Å². The van der Waals surface area contributed by atoms with Gasteiger partial charge < -0.3 is 9.47 Å². The summed E-state index contributed by atoms with van der Waals surface area (Å²) in [5.74, 6) is -1.62. The second kappa shape index (κ2) is 8.86. The number of piperidine rings is 1. The van der Waals surface area contributed by atoms with Crippen molar-refractivity contribution in [3.05, 3.63) is 81.4 Å². The van der Waals surface area contributed by atoms with Crippen LogP contribution in [0.5, 0.6) is 0 Å². The number of hydrogen-bond acceptors (Lipinski definition) is 4. The van der Waals surface area contributed by atoms with E-state index in [9.17, 15) is 22.8 Å². The first kappa shape index (κ1) is 23.4. The smallest absolute Gasteiger partial charge is 0.273 e. The molecular formula is C27H24F3N5O2. The van der Waals surface area contributed by atoms with E-state index >= 15 is 0 Å². The molecule has 0 spiro atoms. The zero-order valence-corrected chi connectivity index (χ0v) is 20.1. The Morgan fingerprint density at radius 3 is 2.65 bits per heavy atom. The van der Waals surface area contributed by atoms with E-state index in [-0.39, 0.29) is 41.2 Å². The summed E-state index contributed by atoms with van der Waals surface area (Å²) in [7, 11) is 1.74. The highest BCUT2D eigenvalue weighted by Crippen LogP contribution is 2.45. The van der Waals surface area contributed by atoms with E-state index in [0.717, 1.165) is 30.2 Å². The fourth-order valence-electron chi connectivity index (χ4n) is 5.92. The van der Waals surface area contributed by atoms with Crippen LogP contribution in [0.3, 0.4) is 0 Å². The number of carbonyl (C=O) groups is 1. The Kier molecular flexibility index (Phi) is 5.62. The molecule has 4 aromatic rings. The molecule has 37 heavy (non-hydrogen) atoms. The van der Waals surface area contributed by atoms with Crippen LogP contribution in [0.25, 0.3) is 22.3 Å². The van der Waals surface area contributed by atoms with Gasteiger partial charge in [0.15, 0.2) is 0 Å². The van der Waals surface area contributed by atoms with Gasteiger partial charge in [0, 0.05) is 42.5 Å². The summed E-state index contributed by atoms with van der Waals surface area (Å²) in [4.78, 5) is 32.5. The molecule has 0 N–H and O–H groups in total. The van der Waals surface area contributed by atoms with Crippen LogP contribution < -0.4 is 5.43 Å². The molecular weight excluding hydrogens is 483 g/mol. The molecule has 6 rings (SSSR count). The Balaban J connectivity index is 1.41. The summed E-state index contributed by atoms with van der Waals surface area (Å²) in [5.41, 5.74) is 3.08. The van der Waals surface area contributed by atoms with Gasteiger partial charge in [0.25, 0.3) is 5.91 Å². The van der Waals surface area contributed by atoms with Crippen molar-refractivity contribution in [3.63, 3.8) is 0 Å². The Hall–Kier alpha value is -3.95. The maximum Gasteiger partial charge on any atom is 0.273 e. The average Bonchev–Trinajstić information content (AvgIpc) is 3.20. The van der Waals surface area contributed by atoms with Crippen molar-refractivity contribution in [3.8, 4) is 11.3 Å². The van der Waals surface area contributed by atoms with Gasteiger partial charge in [-0.2, -0.15) is 5.10 Å². The maximum atomic E-state index is 14.0. The van der Waals surface area contributed by atoms with Gasteiger partial charge in [0.05, 0.1) is 29.5 Å². The fraction of sp³-hybridized carbons (Fsp3) is 0.333. The van der Waals surface area contributed by atoms with Crippen LogP contribution in [-0.2, 0) is 20.0 Å². The molecule has 2 aliphatic heterocycles. The van der Waals surface area contributed by atoms with Crippen LogP contribution in [0.15, 0.2) is 47.4 Å². The predicted octanol–water partition coefficient (Wildman–Crippen LogP) is 4.34. The van der Waals surface area contributed by atoms with E-state index in [2.05, 4.69) is 4.98 Å². The first-order valence-corrected chi connectivity index (χ1v) is 12.3. The monoisotopic (exact) mass is 507 g/mol. The molecule has 3 aromatic heterocycles. The minimum Gasteiger partial charge on any atom is -0.343 e. The van der Waals surface area contributed by atoms with Crippen molar-refractivity contribution < 1.29 is 18.0 Å². The van der Waals surface area contributed by atoms with Crippen molar-refractivity contribution in [2.24, 2.45) is 7.05 Å². The van der Waals surface area contributed by atoms with Gasteiger partial charge in [0.1, 0.15) is 29.5 Å². The van der Waals surface area contributed by atoms with Crippen LogP contribution in [0.4, 0.5) is 13.2 Å². The largest absolute Gasteiger partial charge is 0.343 e. The number of alkyl halides is 1. The molecule has 190 valence electrons. The number of carbonyl (C=O) groups excluding carboxylic acids is 1.